The van der Waals surface area contributed by atoms with Crippen LogP contribution in [0.2, 0.25) is 0 Å². The number of morpholine rings is 1. The molecule has 3 heteroatoms. The van der Waals surface area contributed by atoms with Crippen LogP contribution in [0.1, 0.15) is 34.6 Å². The van der Waals surface area contributed by atoms with E-state index >= 15 is 0 Å². The smallest absolute Gasteiger partial charge is 0.0645 e. The molecule has 1 atom stereocenters. The summed E-state index contributed by atoms with van der Waals surface area (Å²) in [5.74, 6) is 0. The van der Waals surface area contributed by atoms with E-state index in [1.807, 2.05) is 0 Å². The van der Waals surface area contributed by atoms with Gasteiger partial charge in [-0.2, -0.15) is 0 Å². The van der Waals surface area contributed by atoms with Crippen molar-refractivity contribution in [2.45, 2.75) is 46.2 Å². The van der Waals surface area contributed by atoms with Gasteiger partial charge in [0.25, 0.3) is 0 Å². The third-order valence-electron chi connectivity index (χ3n) is 3.31. The van der Waals surface area contributed by atoms with E-state index in [4.69, 9.17) is 10.5 Å². The van der Waals surface area contributed by atoms with Gasteiger partial charge < -0.3 is 10.5 Å². The number of ether oxygens (including phenoxy) is 1. The summed E-state index contributed by atoms with van der Waals surface area (Å²) >= 11 is 0. The highest BCUT2D eigenvalue weighted by Gasteiger charge is 2.39. The molecule has 90 valence electrons. The van der Waals surface area contributed by atoms with Crippen LogP contribution in [0.15, 0.2) is 0 Å². The van der Waals surface area contributed by atoms with E-state index < -0.39 is 0 Å². The van der Waals surface area contributed by atoms with E-state index in [0.717, 1.165) is 19.8 Å². The van der Waals surface area contributed by atoms with Gasteiger partial charge in [0.15, 0.2) is 0 Å². The highest BCUT2D eigenvalue weighted by atomic mass is 16.5. The summed E-state index contributed by atoms with van der Waals surface area (Å²) in [6.45, 7) is 14.6. The lowest BCUT2D eigenvalue weighted by atomic mass is 9.83. The molecule has 0 aromatic rings. The average Bonchev–Trinajstić information content (AvgIpc) is 2.06. The maximum Gasteiger partial charge on any atom is 0.0645 e. The van der Waals surface area contributed by atoms with Gasteiger partial charge in [-0.05, 0) is 19.3 Å². The SMILES string of the molecule is CC(C)(C)C(CN)N1CCOCC1(C)C. The lowest BCUT2D eigenvalue weighted by molar-refractivity contribution is -0.0901. The Morgan fingerprint density at radius 3 is 2.40 bits per heavy atom. The van der Waals surface area contributed by atoms with Gasteiger partial charge >= 0.3 is 0 Å². The zero-order valence-corrected chi connectivity index (χ0v) is 10.8. The van der Waals surface area contributed by atoms with Gasteiger partial charge in [-0.25, -0.2) is 0 Å². The van der Waals surface area contributed by atoms with Gasteiger partial charge in [0, 0.05) is 24.7 Å². The molecule has 1 aliphatic rings. The van der Waals surface area contributed by atoms with E-state index in [2.05, 4.69) is 39.5 Å². The molecule has 2 N–H and O–H groups in total. The molecule has 1 unspecified atom stereocenters. The van der Waals surface area contributed by atoms with Crippen LogP contribution in [-0.2, 0) is 4.74 Å². The first-order valence-electron chi connectivity index (χ1n) is 5.83. The van der Waals surface area contributed by atoms with Crippen molar-refractivity contribution in [1.82, 2.24) is 4.90 Å². The van der Waals surface area contributed by atoms with Gasteiger partial charge in [0.1, 0.15) is 0 Å². The van der Waals surface area contributed by atoms with Crippen molar-refractivity contribution in [1.29, 1.82) is 0 Å². The molecule has 1 aliphatic heterocycles. The minimum atomic E-state index is 0.107. The van der Waals surface area contributed by atoms with Crippen molar-refractivity contribution in [2.24, 2.45) is 11.1 Å². The van der Waals surface area contributed by atoms with Crippen LogP contribution in [0.3, 0.4) is 0 Å². The third-order valence-corrected chi connectivity index (χ3v) is 3.31. The summed E-state index contributed by atoms with van der Waals surface area (Å²) in [7, 11) is 0. The topological polar surface area (TPSA) is 38.5 Å². The number of rotatable bonds is 2. The van der Waals surface area contributed by atoms with Crippen LogP contribution in [-0.4, -0.2) is 42.8 Å². The maximum absolute atomic E-state index is 5.93. The number of nitrogens with zero attached hydrogens (tertiary/aromatic N) is 1. The van der Waals surface area contributed by atoms with E-state index in [-0.39, 0.29) is 11.0 Å². The van der Waals surface area contributed by atoms with Gasteiger partial charge in [-0.15, -0.1) is 0 Å². The molecule has 1 rings (SSSR count). The maximum atomic E-state index is 5.93. The van der Waals surface area contributed by atoms with Crippen LogP contribution in [0, 0.1) is 5.41 Å². The Bertz CT molecular complexity index is 208. The standard InChI is InChI=1S/C12H26N2O/c1-11(2,3)10(8-13)14-6-7-15-9-12(14,4)5/h10H,6-9,13H2,1-5H3. The molecule has 0 aliphatic carbocycles. The summed E-state index contributed by atoms with van der Waals surface area (Å²) in [5, 5.41) is 0. The quantitative estimate of drug-likeness (QED) is 0.756. The second-order valence-corrected chi connectivity index (χ2v) is 6.18. The molecule has 1 heterocycles. The molecule has 3 nitrogen and oxygen atoms in total. The van der Waals surface area contributed by atoms with Crippen molar-refractivity contribution >= 4 is 0 Å². The monoisotopic (exact) mass is 214 g/mol. The molecular weight excluding hydrogens is 188 g/mol. The number of nitrogens with two attached hydrogens (primary N) is 1. The van der Waals surface area contributed by atoms with Gasteiger partial charge in [0.05, 0.1) is 13.2 Å². The molecule has 0 spiro atoms. The molecular formula is C12H26N2O. The van der Waals surface area contributed by atoms with E-state index in [9.17, 15) is 0 Å². The van der Waals surface area contributed by atoms with E-state index in [0.29, 0.717) is 12.6 Å². The molecule has 15 heavy (non-hydrogen) atoms. The van der Waals surface area contributed by atoms with E-state index in [1.165, 1.54) is 0 Å². The number of hydrogen-bond acceptors (Lipinski definition) is 3. The van der Waals surface area contributed by atoms with Crippen LogP contribution in [0.4, 0.5) is 0 Å². The third kappa shape index (κ3) is 2.92. The lowest BCUT2D eigenvalue weighted by Gasteiger charge is -2.50. The first-order valence-corrected chi connectivity index (χ1v) is 5.83. The first-order chi connectivity index (χ1) is 6.79. The Labute approximate surface area is 94.0 Å². The zero-order valence-electron chi connectivity index (χ0n) is 10.8. The number of hydrogen-bond donors (Lipinski definition) is 1. The Hall–Kier alpha value is -0.120. The second kappa shape index (κ2) is 4.40. The van der Waals surface area contributed by atoms with Crippen molar-refractivity contribution in [3.63, 3.8) is 0 Å². The van der Waals surface area contributed by atoms with Crippen LogP contribution in [0.5, 0.6) is 0 Å². The van der Waals surface area contributed by atoms with Crippen molar-refractivity contribution < 1.29 is 4.74 Å². The largest absolute Gasteiger partial charge is 0.378 e. The fourth-order valence-corrected chi connectivity index (χ4v) is 2.40. The summed E-state index contributed by atoms with van der Waals surface area (Å²) in [5.41, 5.74) is 6.26. The molecule has 0 radical (unpaired) electrons. The summed E-state index contributed by atoms with van der Waals surface area (Å²) < 4.78 is 5.54. The van der Waals surface area contributed by atoms with Gasteiger partial charge in [-0.1, -0.05) is 20.8 Å². The predicted molar refractivity (Wildman–Crippen MR) is 63.9 cm³/mol. The van der Waals surface area contributed by atoms with Crippen LogP contribution >= 0.6 is 0 Å². The van der Waals surface area contributed by atoms with Crippen molar-refractivity contribution in [3.05, 3.63) is 0 Å². The molecule has 0 bridgehead atoms. The molecule has 0 aromatic heterocycles. The van der Waals surface area contributed by atoms with Gasteiger partial charge in [-0.3, -0.25) is 4.90 Å². The molecule has 0 saturated carbocycles. The van der Waals surface area contributed by atoms with Gasteiger partial charge in [0.2, 0.25) is 0 Å². The molecule has 1 saturated heterocycles. The van der Waals surface area contributed by atoms with Crippen molar-refractivity contribution in [3.8, 4) is 0 Å². The Kier molecular flexibility index (Phi) is 3.80. The fraction of sp³-hybridized carbons (Fsp3) is 1.00. The zero-order chi connectivity index (χ0) is 11.7. The van der Waals surface area contributed by atoms with Crippen molar-refractivity contribution in [2.75, 3.05) is 26.3 Å². The minimum Gasteiger partial charge on any atom is -0.378 e. The molecule has 0 amide bonds. The average molecular weight is 214 g/mol. The Morgan fingerprint density at radius 2 is 2.00 bits per heavy atom. The van der Waals surface area contributed by atoms with E-state index in [1.54, 1.807) is 0 Å². The predicted octanol–water partition coefficient (Wildman–Crippen LogP) is 1.47. The molecule has 1 fully saturated rings. The fourth-order valence-electron chi connectivity index (χ4n) is 2.40. The summed E-state index contributed by atoms with van der Waals surface area (Å²) in [4.78, 5) is 2.51. The molecule has 0 aromatic carbocycles. The first kappa shape index (κ1) is 12.9. The van der Waals surface area contributed by atoms with Crippen LogP contribution in [0.25, 0.3) is 0 Å². The lowest BCUT2D eigenvalue weighted by Crippen LogP contribution is -2.62. The highest BCUT2D eigenvalue weighted by Crippen LogP contribution is 2.30. The second-order valence-electron chi connectivity index (χ2n) is 6.18. The Morgan fingerprint density at radius 1 is 1.40 bits per heavy atom. The Balaban J connectivity index is 2.82. The van der Waals surface area contributed by atoms with Crippen LogP contribution < -0.4 is 5.73 Å². The summed E-state index contributed by atoms with van der Waals surface area (Å²) in [6.07, 6.45) is 0. The normalized spacial score (nSPS) is 25.2. The minimum absolute atomic E-state index is 0.107. The summed E-state index contributed by atoms with van der Waals surface area (Å²) in [6, 6.07) is 0.427. The highest BCUT2D eigenvalue weighted by molar-refractivity contribution is 4.94.